The first-order valence-corrected chi connectivity index (χ1v) is 4.17. The Balaban J connectivity index is 2.87. The Kier molecular flexibility index (Phi) is 1.89. The predicted octanol–water partition coefficient (Wildman–Crippen LogP) is 0.757. The van der Waals surface area contributed by atoms with Crippen LogP contribution >= 0.6 is 0 Å². The van der Waals surface area contributed by atoms with Gasteiger partial charge in [-0.2, -0.15) is 0 Å². The third-order valence-corrected chi connectivity index (χ3v) is 2.01. The number of aryl methyl sites for hydroxylation is 1. The molecule has 4 heteroatoms. The summed E-state index contributed by atoms with van der Waals surface area (Å²) in [7, 11) is 1.71. The van der Waals surface area contributed by atoms with E-state index in [2.05, 4.69) is 5.10 Å². The second kappa shape index (κ2) is 3.06. The average molecular weight is 189 g/mol. The monoisotopic (exact) mass is 189 g/mol. The fourth-order valence-electron chi connectivity index (χ4n) is 1.41. The number of carboxylic acid groups (broad SMARTS) is 1. The Hall–Kier alpha value is -1.97. The highest BCUT2D eigenvalue weighted by Crippen LogP contribution is 2.13. The van der Waals surface area contributed by atoms with Crippen molar-refractivity contribution in [3.63, 3.8) is 0 Å². The van der Waals surface area contributed by atoms with Gasteiger partial charge in [-0.15, -0.1) is 0 Å². The Morgan fingerprint density at radius 1 is 1.43 bits per heavy atom. The maximum absolute atomic E-state index is 10.9. The van der Waals surface area contributed by atoms with Crippen molar-refractivity contribution < 1.29 is 14.6 Å². The van der Waals surface area contributed by atoms with Crippen LogP contribution in [0.1, 0.15) is 10.4 Å². The number of carboxylic acids is 1. The summed E-state index contributed by atoms with van der Waals surface area (Å²) in [6.07, 6.45) is 1.50. The summed E-state index contributed by atoms with van der Waals surface area (Å²) in [5.41, 5.74) is 0.966. The van der Waals surface area contributed by atoms with Crippen LogP contribution in [0.25, 0.3) is 10.9 Å². The van der Waals surface area contributed by atoms with Crippen LogP contribution in [0.2, 0.25) is 0 Å². The molecule has 0 aliphatic carbocycles. The molecule has 0 radical (unpaired) electrons. The molecule has 0 spiro atoms. The number of rotatable bonds is 1. The van der Waals surface area contributed by atoms with Crippen molar-refractivity contribution in [1.82, 2.24) is 5.10 Å². The number of benzene rings is 1. The lowest BCUT2D eigenvalue weighted by atomic mass is 10.1. The maximum atomic E-state index is 10.9. The van der Waals surface area contributed by atoms with Crippen molar-refractivity contribution in [3.8, 4) is 0 Å². The van der Waals surface area contributed by atoms with Crippen LogP contribution < -0.4 is 4.68 Å². The number of fused-ring (bicyclic) bond motifs is 1. The van der Waals surface area contributed by atoms with Crippen LogP contribution in [0.3, 0.4) is 0 Å². The number of hydrogen-bond donors (Lipinski definition) is 1. The molecular weight excluding hydrogens is 180 g/mol. The minimum absolute atomic E-state index is 0.276. The van der Waals surface area contributed by atoms with E-state index < -0.39 is 5.97 Å². The van der Waals surface area contributed by atoms with Crippen molar-refractivity contribution >= 4 is 16.9 Å². The van der Waals surface area contributed by atoms with Gasteiger partial charge in [-0.05, 0) is 11.2 Å². The normalized spacial score (nSPS) is 10.4. The molecule has 0 atom stereocenters. The molecule has 1 aromatic heterocycles. The topological polar surface area (TPSA) is 54.1 Å². The first-order chi connectivity index (χ1) is 6.68. The van der Waals surface area contributed by atoms with Gasteiger partial charge < -0.3 is 5.11 Å². The van der Waals surface area contributed by atoms with E-state index >= 15 is 0 Å². The largest absolute Gasteiger partial charge is 0.477 e. The number of carbonyl (C=O) groups is 1. The highest BCUT2D eigenvalue weighted by atomic mass is 16.4. The summed E-state index contributed by atoms with van der Waals surface area (Å²) in [5, 5.41) is 13.8. The van der Waals surface area contributed by atoms with Gasteiger partial charge in [0.15, 0.2) is 7.05 Å². The molecule has 70 valence electrons. The third-order valence-electron chi connectivity index (χ3n) is 2.01. The van der Waals surface area contributed by atoms with Gasteiger partial charge in [-0.25, -0.2) is 4.79 Å². The first kappa shape index (κ1) is 8.62. The number of hydrogen-bond acceptors (Lipinski definition) is 2. The van der Waals surface area contributed by atoms with Crippen LogP contribution in [0.5, 0.6) is 0 Å². The predicted molar refractivity (Wildman–Crippen MR) is 49.9 cm³/mol. The van der Waals surface area contributed by atoms with Crippen molar-refractivity contribution in [3.05, 3.63) is 36.0 Å². The summed E-state index contributed by atoms with van der Waals surface area (Å²) in [4.78, 5) is 10.9. The highest BCUT2D eigenvalue weighted by molar-refractivity contribution is 6.01. The summed E-state index contributed by atoms with van der Waals surface area (Å²) in [6, 6.07) is 7.19. The zero-order valence-electron chi connectivity index (χ0n) is 7.64. The lowest BCUT2D eigenvalue weighted by Gasteiger charge is -1.97. The van der Waals surface area contributed by atoms with Crippen molar-refractivity contribution in [1.29, 1.82) is 0 Å². The molecule has 14 heavy (non-hydrogen) atoms. The fourth-order valence-corrected chi connectivity index (χ4v) is 1.41. The SMILES string of the molecule is C[n+]1cc(C(=O)O)c2ccccc2n1. The van der Waals surface area contributed by atoms with E-state index in [9.17, 15) is 4.79 Å². The van der Waals surface area contributed by atoms with Gasteiger partial charge in [0.05, 0.1) is 0 Å². The fraction of sp³-hybridized carbons (Fsp3) is 0.100. The molecule has 2 aromatic rings. The zero-order valence-corrected chi connectivity index (χ0v) is 7.64. The van der Waals surface area contributed by atoms with E-state index in [1.54, 1.807) is 25.2 Å². The van der Waals surface area contributed by atoms with Gasteiger partial charge in [-0.3, -0.25) is 0 Å². The minimum atomic E-state index is -0.931. The van der Waals surface area contributed by atoms with Crippen LogP contribution in [-0.4, -0.2) is 16.2 Å². The zero-order chi connectivity index (χ0) is 10.1. The summed E-state index contributed by atoms with van der Waals surface area (Å²) >= 11 is 0. The molecule has 0 saturated heterocycles. The van der Waals surface area contributed by atoms with Gasteiger partial charge >= 0.3 is 5.97 Å². The van der Waals surface area contributed by atoms with Gasteiger partial charge in [-0.1, -0.05) is 22.9 Å². The molecule has 0 saturated carbocycles. The molecule has 0 amide bonds. The molecule has 0 unspecified atom stereocenters. The Morgan fingerprint density at radius 3 is 2.86 bits per heavy atom. The molecule has 0 bridgehead atoms. The summed E-state index contributed by atoms with van der Waals surface area (Å²) in [6.45, 7) is 0. The van der Waals surface area contributed by atoms with Gasteiger partial charge in [0.25, 0.3) is 0 Å². The van der Waals surface area contributed by atoms with E-state index in [1.165, 1.54) is 10.9 Å². The van der Waals surface area contributed by atoms with Gasteiger partial charge in [0.2, 0.25) is 6.20 Å². The smallest absolute Gasteiger partial charge is 0.342 e. The second-order valence-electron chi connectivity index (χ2n) is 3.04. The van der Waals surface area contributed by atoms with Crippen LogP contribution in [0, 0.1) is 0 Å². The molecule has 1 heterocycles. The molecule has 2 rings (SSSR count). The highest BCUT2D eigenvalue weighted by Gasteiger charge is 2.14. The molecule has 1 N–H and O–H groups in total. The lowest BCUT2D eigenvalue weighted by Crippen LogP contribution is -2.33. The molecular formula is C10H9N2O2+. The van der Waals surface area contributed by atoms with Gasteiger partial charge in [0.1, 0.15) is 11.1 Å². The quantitative estimate of drug-likeness (QED) is 0.674. The van der Waals surface area contributed by atoms with E-state index in [0.717, 1.165) is 0 Å². The minimum Gasteiger partial charge on any atom is -0.477 e. The van der Waals surface area contributed by atoms with Crippen molar-refractivity contribution in [2.75, 3.05) is 0 Å². The van der Waals surface area contributed by atoms with Crippen molar-refractivity contribution in [2.24, 2.45) is 7.05 Å². The van der Waals surface area contributed by atoms with E-state index in [4.69, 9.17) is 5.11 Å². The molecule has 0 aliphatic heterocycles. The Bertz CT molecular complexity index is 508. The van der Waals surface area contributed by atoms with Crippen LogP contribution in [0.4, 0.5) is 0 Å². The van der Waals surface area contributed by atoms with Crippen LogP contribution in [0.15, 0.2) is 30.5 Å². The third kappa shape index (κ3) is 1.31. The van der Waals surface area contributed by atoms with E-state index in [0.29, 0.717) is 10.9 Å². The van der Waals surface area contributed by atoms with Gasteiger partial charge in [0, 0.05) is 5.39 Å². The Labute approximate surface area is 80.4 Å². The lowest BCUT2D eigenvalue weighted by molar-refractivity contribution is -0.728. The Morgan fingerprint density at radius 2 is 2.14 bits per heavy atom. The number of nitrogens with zero attached hydrogens (tertiary/aromatic N) is 2. The maximum Gasteiger partial charge on any atom is 0.342 e. The molecule has 0 aliphatic rings. The van der Waals surface area contributed by atoms with Crippen LogP contribution in [-0.2, 0) is 7.05 Å². The summed E-state index contributed by atoms with van der Waals surface area (Å²) < 4.78 is 1.51. The number of aromatic nitrogens is 2. The standard InChI is InChI=1S/C10H8N2O2/c1-12-6-8(10(13)14)7-4-2-3-5-9(7)11-12/h2-6H,1H3/p+1. The van der Waals surface area contributed by atoms with E-state index in [1.807, 2.05) is 6.07 Å². The molecule has 0 fully saturated rings. The second-order valence-corrected chi connectivity index (χ2v) is 3.04. The van der Waals surface area contributed by atoms with Crippen molar-refractivity contribution in [2.45, 2.75) is 0 Å². The summed E-state index contributed by atoms with van der Waals surface area (Å²) in [5.74, 6) is -0.931. The first-order valence-electron chi connectivity index (χ1n) is 4.17. The van der Waals surface area contributed by atoms with E-state index in [-0.39, 0.29) is 5.56 Å². The number of aromatic carboxylic acids is 1. The molecule has 4 nitrogen and oxygen atoms in total. The molecule has 1 aromatic carbocycles. The average Bonchev–Trinajstić information content (AvgIpc) is 2.16.